The lowest BCUT2D eigenvalue weighted by molar-refractivity contribution is -0.176. The first kappa shape index (κ1) is 13.1. The van der Waals surface area contributed by atoms with Crippen LogP contribution in [-0.4, -0.2) is 32.9 Å². The first-order chi connectivity index (χ1) is 6.25. The maximum atomic E-state index is 10.9. The summed E-state index contributed by atoms with van der Waals surface area (Å²) in [4.78, 5) is 10.9. The number of hydrogen-bond donors (Lipinski definition) is 2. The second kappa shape index (κ2) is 4.57. The van der Waals surface area contributed by atoms with Crippen molar-refractivity contribution in [3.63, 3.8) is 0 Å². The van der Waals surface area contributed by atoms with Gasteiger partial charge in [-0.15, -0.1) is 0 Å². The minimum atomic E-state index is -1.00. The highest BCUT2D eigenvalue weighted by molar-refractivity contribution is 5.88. The Balaban J connectivity index is 5.02. The Morgan fingerprint density at radius 2 is 1.86 bits per heavy atom. The molecule has 0 heterocycles. The number of hydrogen-bond acceptors (Lipinski definition) is 3. The van der Waals surface area contributed by atoms with Crippen LogP contribution in [-0.2, 0) is 4.79 Å². The average Bonchev–Trinajstić information content (AvgIpc) is 2.02. The second-order valence-corrected chi connectivity index (χ2v) is 4.00. The first-order valence-electron chi connectivity index (χ1n) is 4.63. The summed E-state index contributed by atoms with van der Waals surface area (Å²) in [5.41, 5.74) is -0.692. The molecule has 0 fully saturated rings. The third kappa shape index (κ3) is 2.56. The maximum absolute atomic E-state index is 10.9. The van der Waals surface area contributed by atoms with Gasteiger partial charge in [-0.1, -0.05) is 6.08 Å². The van der Waals surface area contributed by atoms with Crippen molar-refractivity contribution < 1.29 is 15.1 Å². The normalized spacial score (nSPS) is 13.9. The van der Waals surface area contributed by atoms with Crippen LogP contribution in [0.15, 0.2) is 11.6 Å². The van der Waals surface area contributed by atoms with E-state index in [1.54, 1.807) is 34.6 Å². The van der Waals surface area contributed by atoms with Gasteiger partial charge in [-0.3, -0.25) is 0 Å². The molecule has 0 bridgehead atoms. The highest BCUT2D eigenvalue weighted by Gasteiger charge is 2.35. The Morgan fingerprint density at radius 3 is 2.07 bits per heavy atom. The number of carboxylic acid groups (broad SMARTS) is 1. The molecule has 4 nitrogen and oxygen atoms in total. The van der Waals surface area contributed by atoms with E-state index in [2.05, 4.69) is 0 Å². The Kier molecular flexibility index (Phi) is 4.29. The summed E-state index contributed by atoms with van der Waals surface area (Å²) in [6.07, 6.45) is 1.51. The van der Waals surface area contributed by atoms with Crippen molar-refractivity contribution in [2.24, 2.45) is 0 Å². The zero-order valence-electron chi connectivity index (χ0n) is 9.40. The lowest BCUT2D eigenvalue weighted by atomic mass is 9.92. The zero-order chi connectivity index (χ0) is 11.5. The summed E-state index contributed by atoms with van der Waals surface area (Å²) >= 11 is 0. The van der Waals surface area contributed by atoms with E-state index in [1.807, 2.05) is 0 Å². The van der Waals surface area contributed by atoms with Crippen LogP contribution < -0.4 is 0 Å². The van der Waals surface area contributed by atoms with E-state index >= 15 is 0 Å². The van der Waals surface area contributed by atoms with Gasteiger partial charge in [0.05, 0.1) is 11.1 Å². The van der Waals surface area contributed by atoms with Gasteiger partial charge in [0.1, 0.15) is 0 Å². The van der Waals surface area contributed by atoms with Gasteiger partial charge >= 0.3 is 5.97 Å². The first-order valence-corrected chi connectivity index (χ1v) is 4.63. The van der Waals surface area contributed by atoms with E-state index < -0.39 is 11.5 Å². The Labute approximate surface area is 84.8 Å². The monoisotopic (exact) mass is 201 g/mol. The number of hydroxylamine groups is 2. The molecule has 82 valence electrons. The van der Waals surface area contributed by atoms with Crippen LogP contribution in [0.2, 0.25) is 0 Å². The minimum Gasteiger partial charge on any atom is -0.478 e. The van der Waals surface area contributed by atoms with E-state index in [9.17, 15) is 10.0 Å². The second-order valence-electron chi connectivity index (χ2n) is 4.00. The molecule has 0 saturated carbocycles. The molecule has 0 atom stereocenters. The van der Waals surface area contributed by atoms with Crippen molar-refractivity contribution in [3.8, 4) is 0 Å². The summed E-state index contributed by atoms with van der Waals surface area (Å²) in [6, 6.07) is -0.126. The van der Waals surface area contributed by atoms with Crippen molar-refractivity contribution in [2.75, 3.05) is 0 Å². The van der Waals surface area contributed by atoms with Crippen LogP contribution in [0.4, 0.5) is 0 Å². The number of carbonyl (C=O) groups is 1. The van der Waals surface area contributed by atoms with Gasteiger partial charge in [0.15, 0.2) is 0 Å². The summed E-state index contributed by atoms with van der Waals surface area (Å²) < 4.78 is 0. The standard InChI is InChI=1S/C10H19NO3/c1-6-8(9(12)13)10(4,5)11(14)7(2)3/h6-7,14H,1-5H3,(H,12,13)/b8-6-. The third-order valence-electron chi connectivity index (χ3n) is 2.24. The van der Waals surface area contributed by atoms with Gasteiger partial charge in [0.25, 0.3) is 0 Å². The quantitative estimate of drug-likeness (QED) is 0.538. The molecule has 0 saturated heterocycles. The van der Waals surface area contributed by atoms with Crippen LogP contribution in [0.3, 0.4) is 0 Å². The molecule has 0 radical (unpaired) electrons. The molecular formula is C10H19NO3. The summed E-state index contributed by atoms with van der Waals surface area (Å²) in [5.74, 6) is -1.00. The van der Waals surface area contributed by atoms with Gasteiger partial charge in [0, 0.05) is 6.04 Å². The number of rotatable bonds is 4. The van der Waals surface area contributed by atoms with Crippen LogP contribution in [0, 0.1) is 0 Å². The molecule has 0 aliphatic carbocycles. The molecule has 0 aliphatic rings. The molecule has 0 aromatic heterocycles. The van der Waals surface area contributed by atoms with Crippen molar-refractivity contribution >= 4 is 5.97 Å². The largest absolute Gasteiger partial charge is 0.478 e. The molecule has 0 aromatic carbocycles. The van der Waals surface area contributed by atoms with Crippen molar-refractivity contribution in [3.05, 3.63) is 11.6 Å². The number of aliphatic carboxylic acids is 1. The lowest BCUT2D eigenvalue weighted by Gasteiger charge is -2.36. The van der Waals surface area contributed by atoms with Crippen molar-refractivity contribution in [1.29, 1.82) is 0 Å². The van der Waals surface area contributed by atoms with E-state index in [4.69, 9.17) is 5.11 Å². The molecule has 0 amide bonds. The summed E-state index contributed by atoms with van der Waals surface area (Å²) in [5, 5.41) is 19.7. The fraction of sp³-hybridized carbons (Fsp3) is 0.700. The highest BCUT2D eigenvalue weighted by Crippen LogP contribution is 2.24. The molecule has 0 spiro atoms. The Hall–Kier alpha value is -0.870. The van der Waals surface area contributed by atoms with Crippen LogP contribution >= 0.6 is 0 Å². The van der Waals surface area contributed by atoms with E-state index in [0.29, 0.717) is 0 Å². The molecule has 0 unspecified atom stereocenters. The van der Waals surface area contributed by atoms with E-state index in [1.165, 1.54) is 6.08 Å². The Bertz CT molecular complexity index is 244. The predicted molar refractivity (Wildman–Crippen MR) is 54.2 cm³/mol. The number of nitrogens with zero attached hydrogens (tertiary/aromatic N) is 1. The SMILES string of the molecule is C/C=C(/C(=O)O)C(C)(C)N(O)C(C)C. The maximum Gasteiger partial charge on any atom is 0.333 e. The third-order valence-corrected chi connectivity index (χ3v) is 2.24. The topological polar surface area (TPSA) is 60.8 Å². The smallest absolute Gasteiger partial charge is 0.333 e. The van der Waals surface area contributed by atoms with Crippen molar-refractivity contribution in [2.45, 2.75) is 46.2 Å². The average molecular weight is 201 g/mol. The number of carboxylic acids is 1. The van der Waals surface area contributed by atoms with E-state index in [-0.39, 0.29) is 11.6 Å². The van der Waals surface area contributed by atoms with Crippen molar-refractivity contribution in [1.82, 2.24) is 5.06 Å². The van der Waals surface area contributed by atoms with Gasteiger partial charge in [-0.2, -0.15) is 5.06 Å². The van der Waals surface area contributed by atoms with Crippen LogP contribution in [0.1, 0.15) is 34.6 Å². The molecular weight excluding hydrogens is 182 g/mol. The van der Waals surface area contributed by atoms with Crippen LogP contribution in [0.25, 0.3) is 0 Å². The molecule has 14 heavy (non-hydrogen) atoms. The molecule has 4 heteroatoms. The molecule has 0 aliphatic heterocycles. The zero-order valence-corrected chi connectivity index (χ0v) is 9.40. The highest BCUT2D eigenvalue weighted by atomic mass is 16.5. The minimum absolute atomic E-state index is 0.126. The predicted octanol–water partition coefficient (Wildman–Crippen LogP) is 1.90. The molecule has 0 rings (SSSR count). The molecule has 0 aromatic rings. The van der Waals surface area contributed by atoms with Crippen LogP contribution in [0.5, 0.6) is 0 Å². The van der Waals surface area contributed by atoms with Gasteiger partial charge < -0.3 is 10.3 Å². The lowest BCUT2D eigenvalue weighted by Crippen LogP contribution is -2.48. The summed E-state index contributed by atoms with van der Waals surface area (Å²) in [6.45, 7) is 8.61. The number of allylic oxidation sites excluding steroid dienone is 1. The van der Waals surface area contributed by atoms with Gasteiger partial charge in [0.2, 0.25) is 0 Å². The van der Waals surface area contributed by atoms with Gasteiger partial charge in [-0.05, 0) is 34.6 Å². The van der Waals surface area contributed by atoms with E-state index in [0.717, 1.165) is 5.06 Å². The van der Waals surface area contributed by atoms with Gasteiger partial charge in [-0.25, -0.2) is 4.79 Å². The summed E-state index contributed by atoms with van der Waals surface area (Å²) in [7, 11) is 0. The Morgan fingerprint density at radius 1 is 1.43 bits per heavy atom. The fourth-order valence-corrected chi connectivity index (χ4v) is 1.51. The molecule has 2 N–H and O–H groups in total. The fourth-order valence-electron chi connectivity index (χ4n) is 1.51.